The summed E-state index contributed by atoms with van der Waals surface area (Å²) in [4.78, 5) is 19.0. The van der Waals surface area contributed by atoms with Crippen molar-refractivity contribution in [3.8, 4) is 0 Å². The van der Waals surface area contributed by atoms with Crippen molar-refractivity contribution in [2.24, 2.45) is 12.0 Å². The number of hydrogen-bond acceptors (Lipinski definition) is 3. The lowest BCUT2D eigenvalue weighted by molar-refractivity contribution is -0.109. The quantitative estimate of drug-likeness (QED) is 0.379. The van der Waals surface area contributed by atoms with Gasteiger partial charge in [0.15, 0.2) is 0 Å². The zero-order chi connectivity index (χ0) is 19.6. The minimum absolute atomic E-state index is 0.385. The van der Waals surface area contributed by atoms with Crippen LogP contribution in [-0.4, -0.2) is 22.7 Å². The molecule has 1 N–H and O–H groups in total. The average molecular weight is 383 g/mol. The van der Waals surface area contributed by atoms with Crippen molar-refractivity contribution in [3.63, 3.8) is 0 Å². The minimum atomic E-state index is -0.385. The molecule has 2 aromatic rings. The molecule has 5 nitrogen and oxygen atoms in total. The topological polar surface area (TPSA) is 59.3 Å². The van der Waals surface area contributed by atoms with E-state index in [-0.39, 0.29) is 6.04 Å². The number of amides is 1. The molecule has 1 heterocycles. The molecule has 0 unspecified atom stereocenters. The first-order valence-electron chi connectivity index (χ1n) is 8.49. The Morgan fingerprint density at radius 1 is 1.44 bits per heavy atom. The molecule has 27 heavy (non-hydrogen) atoms. The maximum atomic E-state index is 11.2. The van der Waals surface area contributed by atoms with Crippen LogP contribution in [0.5, 0.6) is 0 Å². The number of halogens is 1. The van der Waals surface area contributed by atoms with Gasteiger partial charge in [-0.2, -0.15) is 0 Å². The smallest absolute Gasteiger partial charge is 0.207 e. The second-order valence-electron chi connectivity index (χ2n) is 5.96. The monoisotopic (exact) mass is 382 g/mol. The first-order chi connectivity index (χ1) is 13.1. The Labute approximate surface area is 164 Å². The number of benzene rings is 1. The van der Waals surface area contributed by atoms with Crippen molar-refractivity contribution in [1.82, 2.24) is 14.9 Å². The van der Waals surface area contributed by atoms with Crippen molar-refractivity contribution in [3.05, 3.63) is 83.6 Å². The van der Waals surface area contributed by atoms with Gasteiger partial charge in [-0.3, -0.25) is 9.79 Å². The van der Waals surface area contributed by atoms with Gasteiger partial charge in [-0.05, 0) is 54.5 Å². The van der Waals surface area contributed by atoms with Crippen LogP contribution in [0.1, 0.15) is 29.3 Å². The Morgan fingerprint density at radius 2 is 2.26 bits per heavy atom. The van der Waals surface area contributed by atoms with Crippen LogP contribution in [0.2, 0.25) is 5.02 Å². The zero-order valence-electron chi connectivity index (χ0n) is 15.3. The molecule has 140 valence electrons. The third kappa shape index (κ3) is 5.53. The van der Waals surface area contributed by atoms with Gasteiger partial charge in [0, 0.05) is 18.3 Å². The molecule has 1 aromatic carbocycles. The predicted octanol–water partition coefficient (Wildman–Crippen LogP) is 4.28. The number of hydrogen-bond donors (Lipinski definition) is 1. The number of aliphatic imine (C=N–C) groups is 1. The molecule has 0 saturated heterocycles. The van der Waals surface area contributed by atoms with Gasteiger partial charge in [0.1, 0.15) is 0 Å². The molecule has 1 aromatic heterocycles. The number of nitrogens with zero attached hydrogens (tertiary/aromatic N) is 3. The van der Waals surface area contributed by atoms with Crippen molar-refractivity contribution < 1.29 is 4.79 Å². The molecule has 0 radical (unpaired) electrons. The van der Waals surface area contributed by atoms with Gasteiger partial charge in [-0.25, -0.2) is 4.98 Å². The molecule has 0 saturated carbocycles. The largest absolute Gasteiger partial charge is 0.346 e. The molecule has 0 fully saturated rings. The second kappa shape index (κ2) is 10.3. The summed E-state index contributed by atoms with van der Waals surface area (Å²) < 4.78 is 1.86. The van der Waals surface area contributed by atoms with Crippen molar-refractivity contribution in [2.75, 3.05) is 0 Å². The highest BCUT2D eigenvalue weighted by molar-refractivity contribution is 6.30. The molecule has 0 aliphatic heterocycles. The third-order valence-electron chi connectivity index (χ3n) is 4.17. The zero-order valence-corrected chi connectivity index (χ0v) is 16.1. The molecule has 0 bridgehead atoms. The molecule has 2 rings (SSSR count). The molecule has 1 atom stereocenters. The van der Waals surface area contributed by atoms with Crippen LogP contribution in [0.3, 0.4) is 0 Å². The highest BCUT2D eigenvalue weighted by atomic mass is 35.5. The second-order valence-corrected chi connectivity index (χ2v) is 6.40. The summed E-state index contributed by atoms with van der Waals surface area (Å²) in [6.07, 6.45) is 13.2. The number of nitrogens with one attached hydrogen (secondary N) is 1. The van der Waals surface area contributed by atoms with E-state index in [4.69, 9.17) is 11.6 Å². The Bertz CT molecular complexity index is 867. The number of rotatable bonds is 10. The summed E-state index contributed by atoms with van der Waals surface area (Å²) in [7, 11) is 1.88. The lowest BCUT2D eigenvalue weighted by atomic mass is 9.92. The molecular weight excluding hydrogens is 360 g/mol. The fraction of sp³-hybridized carbons (Fsp3) is 0.190. The van der Waals surface area contributed by atoms with Gasteiger partial charge in [0.05, 0.1) is 24.3 Å². The van der Waals surface area contributed by atoms with Crippen molar-refractivity contribution >= 4 is 30.3 Å². The number of aryl methyl sites for hydroxylation is 2. The van der Waals surface area contributed by atoms with E-state index in [9.17, 15) is 4.79 Å². The molecule has 0 aliphatic carbocycles. The summed E-state index contributed by atoms with van der Waals surface area (Å²) in [6.45, 7) is 7.64. The van der Waals surface area contributed by atoms with Crippen LogP contribution in [0, 0.1) is 0 Å². The van der Waals surface area contributed by atoms with E-state index in [1.54, 1.807) is 18.7 Å². The first-order valence-corrected chi connectivity index (χ1v) is 8.87. The van der Waals surface area contributed by atoms with Gasteiger partial charge in [0.25, 0.3) is 0 Å². The van der Waals surface area contributed by atoms with E-state index in [1.807, 2.05) is 42.0 Å². The minimum Gasteiger partial charge on any atom is -0.346 e. The lowest BCUT2D eigenvalue weighted by Crippen LogP contribution is -2.23. The average Bonchev–Trinajstić information content (AvgIpc) is 3.08. The summed E-state index contributed by atoms with van der Waals surface area (Å²) in [5, 5.41) is 3.46. The lowest BCUT2D eigenvalue weighted by Gasteiger charge is -2.22. The van der Waals surface area contributed by atoms with Crippen LogP contribution >= 0.6 is 11.6 Å². The van der Waals surface area contributed by atoms with E-state index in [0.717, 1.165) is 35.2 Å². The maximum absolute atomic E-state index is 11.2. The Kier molecular flexibility index (Phi) is 7.77. The number of aromatic nitrogens is 2. The number of carbonyl (C=O) groups excluding carboxylic acids is 1. The predicted molar refractivity (Wildman–Crippen MR) is 112 cm³/mol. The van der Waals surface area contributed by atoms with E-state index in [1.165, 1.54) is 0 Å². The Morgan fingerprint density at radius 3 is 2.93 bits per heavy atom. The van der Waals surface area contributed by atoms with Crippen LogP contribution in [-0.2, 0) is 18.3 Å². The fourth-order valence-corrected chi connectivity index (χ4v) is 3.00. The molecular formula is C21H23ClN4O. The molecule has 0 spiro atoms. The van der Waals surface area contributed by atoms with Crippen LogP contribution in [0.15, 0.2) is 66.7 Å². The van der Waals surface area contributed by atoms with Crippen LogP contribution in [0.25, 0.3) is 5.57 Å². The Hall–Kier alpha value is -2.92. The SMILES string of the molecule is C=N/C=C\C=C/CCc1ccc(Cl)cc1C(=C)[C@@H](NC=O)c1cncn1C. The number of imidazole rings is 1. The summed E-state index contributed by atoms with van der Waals surface area (Å²) in [6, 6.07) is 5.37. The normalized spacial score (nSPS) is 12.4. The highest BCUT2D eigenvalue weighted by Gasteiger charge is 2.21. The van der Waals surface area contributed by atoms with Gasteiger partial charge in [-0.15, -0.1) is 0 Å². The van der Waals surface area contributed by atoms with Gasteiger partial charge in [0.2, 0.25) is 6.41 Å². The molecule has 1 amide bonds. The van der Waals surface area contributed by atoms with E-state index in [0.29, 0.717) is 11.4 Å². The molecule has 0 aliphatic rings. The standard InChI is InChI=1S/C21H23ClN4O/c1-16(21(25-15-27)20-13-24-14-26(20)3)19-12-18(22)10-9-17(19)8-6-4-5-7-11-23-2/h4-5,7,9-15,21H,1-2,6,8H2,3H3,(H,25,27)/b5-4-,11-7-/t21-/m1/s1. The van der Waals surface area contributed by atoms with E-state index in [2.05, 4.69) is 34.7 Å². The van der Waals surface area contributed by atoms with E-state index >= 15 is 0 Å². The maximum Gasteiger partial charge on any atom is 0.207 e. The number of allylic oxidation sites excluding steroid dienone is 3. The van der Waals surface area contributed by atoms with Gasteiger partial charge in [-0.1, -0.05) is 36.4 Å². The highest BCUT2D eigenvalue weighted by Crippen LogP contribution is 2.32. The van der Waals surface area contributed by atoms with Crippen molar-refractivity contribution in [2.45, 2.75) is 18.9 Å². The molecule has 6 heteroatoms. The fourth-order valence-electron chi connectivity index (χ4n) is 2.82. The Balaban J connectivity index is 2.28. The van der Waals surface area contributed by atoms with Gasteiger partial charge < -0.3 is 9.88 Å². The number of carbonyl (C=O) groups is 1. The van der Waals surface area contributed by atoms with Crippen LogP contribution < -0.4 is 5.32 Å². The van der Waals surface area contributed by atoms with Gasteiger partial charge >= 0.3 is 0 Å². The summed E-state index contributed by atoms with van der Waals surface area (Å²) >= 11 is 6.23. The van der Waals surface area contributed by atoms with E-state index < -0.39 is 0 Å². The third-order valence-corrected chi connectivity index (χ3v) is 4.40. The summed E-state index contributed by atoms with van der Waals surface area (Å²) in [5.74, 6) is 0. The van der Waals surface area contributed by atoms with Crippen molar-refractivity contribution in [1.29, 1.82) is 0 Å². The summed E-state index contributed by atoms with van der Waals surface area (Å²) in [5.41, 5.74) is 3.66. The van der Waals surface area contributed by atoms with Crippen LogP contribution in [0.4, 0.5) is 0 Å². The first kappa shape index (κ1) is 20.4.